The molecule has 0 bridgehead atoms. The number of hydrogen-bond donors (Lipinski definition) is 1. The molecular weight excluding hydrogens is 343 g/mol. The number of nitrogens with zero attached hydrogens (tertiary/aromatic N) is 3. The largest absolute Gasteiger partial charge is 0.383 e. The van der Waals surface area contributed by atoms with E-state index in [0.29, 0.717) is 37.8 Å². The zero-order chi connectivity index (χ0) is 19.4. The molecule has 2 N–H and O–H groups in total. The molecule has 2 aromatic rings. The summed E-state index contributed by atoms with van der Waals surface area (Å²) in [5, 5.41) is 0. The van der Waals surface area contributed by atoms with Gasteiger partial charge in [0.05, 0.1) is 0 Å². The lowest BCUT2D eigenvalue weighted by Gasteiger charge is -2.35. The van der Waals surface area contributed by atoms with Gasteiger partial charge in [0.25, 0.3) is 0 Å². The Morgan fingerprint density at radius 3 is 2.63 bits per heavy atom. The number of nitrogens with two attached hydrogens (primary N) is 1. The third kappa shape index (κ3) is 4.83. The number of anilines is 1. The maximum atomic E-state index is 13.2. The van der Waals surface area contributed by atoms with E-state index in [-0.39, 0.29) is 17.8 Å². The van der Waals surface area contributed by atoms with Gasteiger partial charge in [-0.1, -0.05) is 32.0 Å². The fourth-order valence-corrected chi connectivity index (χ4v) is 3.57. The number of rotatable bonds is 5. The highest BCUT2D eigenvalue weighted by Crippen LogP contribution is 2.23. The first kappa shape index (κ1) is 19.3. The molecule has 1 aromatic heterocycles. The topological polar surface area (TPSA) is 62.5 Å². The van der Waals surface area contributed by atoms with Crippen LogP contribution in [0.3, 0.4) is 0 Å². The molecular formula is C21H27FN4O. The SMILES string of the molecule is CC(C)C1CN(Cc2cccnc2N)CCC(=O)N1Cc1ccc(F)cc1. The molecule has 1 amide bonds. The molecule has 1 saturated heterocycles. The van der Waals surface area contributed by atoms with Gasteiger partial charge in [-0.25, -0.2) is 9.37 Å². The van der Waals surface area contributed by atoms with Crippen LogP contribution in [0.5, 0.6) is 0 Å². The summed E-state index contributed by atoms with van der Waals surface area (Å²) in [5.74, 6) is 0.722. The number of aromatic nitrogens is 1. The molecule has 2 heterocycles. The summed E-state index contributed by atoms with van der Waals surface area (Å²) in [7, 11) is 0. The zero-order valence-electron chi connectivity index (χ0n) is 15.9. The van der Waals surface area contributed by atoms with Gasteiger partial charge in [0, 0.05) is 50.4 Å². The summed E-state index contributed by atoms with van der Waals surface area (Å²) >= 11 is 0. The van der Waals surface area contributed by atoms with E-state index in [1.54, 1.807) is 18.3 Å². The number of carbonyl (C=O) groups is 1. The third-order valence-corrected chi connectivity index (χ3v) is 5.16. The molecule has 1 aromatic carbocycles. The Balaban J connectivity index is 1.78. The lowest BCUT2D eigenvalue weighted by molar-refractivity contribution is -0.134. The first-order valence-electron chi connectivity index (χ1n) is 9.39. The minimum atomic E-state index is -0.262. The van der Waals surface area contributed by atoms with Crippen LogP contribution < -0.4 is 5.73 Å². The van der Waals surface area contributed by atoms with Gasteiger partial charge in [0.2, 0.25) is 5.91 Å². The minimum Gasteiger partial charge on any atom is -0.383 e. The van der Waals surface area contributed by atoms with Crippen LogP contribution in [0.1, 0.15) is 31.4 Å². The number of amides is 1. The number of nitrogen functional groups attached to an aromatic ring is 1. The fraction of sp³-hybridized carbons (Fsp3) is 0.429. The predicted molar refractivity (Wildman–Crippen MR) is 104 cm³/mol. The zero-order valence-corrected chi connectivity index (χ0v) is 15.9. The van der Waals surface area contributed by atoms with E-state index >= 15 is 0 Å². The van der Waals surface area contributed by atoms with Crippen LogP contribution in [0.15, 0.2) is 42.6 Å². The van der Waals surface area contributed by atoms with Crippen molar-refractivity contribution in [2.45, 2.75) is 39.4 Å². The van der Waals surface area contributed by atoms with Crippen LogP contribution in [-0.4, -0.2) is 39.8 Å². The van der Waals surface area contributed by atoms with E-state index in [1.165, 1.54) is 12.1 Å². The Hall–Kier alpha value is -2.47. The highest BCUT2D eigenvalue weighted by Gasteiger charge is 2.31. The maximum absolute atomic E-state index is 13.2. The highest BCUT2D eigenvalue weighted by atomic mass is 19.1. The molecule has 1 aliphatic heterocycles. The second-order valence-corrected chi connectivity index (χ2v) is 7.49. The Morgan fingerprint density at radius 1 is 1.22 bits per heavy atom. The van der Waals surface area contributed by atoms with Crippen molar-refractivity contribution in [2.24, 2.45) is 5.92 Å². The molecule has 0 spiro atoms. The highest BCUT2D eigenvalue weighted by molar-refractivity contribution is 5.77. The van der Waals surface area contributed by atoms with Gasteiger partial charge < -0.3 is 10.6 Å². The quantitative estimate of drug-likeness (QED) is 0.879. The second-order valence-electron chi connectivity index (χ2n) is 7.49. The van der Waals surface area contributed by atoms with Crippen LogP contribution >= 0.6 is 0 Å². The van der Waals surface area contributed by atoms with Crippen molar-refractivity contribution in [3.8, 4) is 0 Å². The van der Waals surface area contributed by atoms with Crippen LogP contribution in [0.25, 0.3) is 0 Å². The predicted octanol–water partition coefficient (Wildman–Crippen LogP) is 3.06. The molecule has 1 aliphatic rings. The van der Waals surface area contributed by atoms with Gasteiger partial charge in [0.15, 0.2) is 0 Å². The van der Waals surface area contributed by atoms with Crippen molar-refractivity contribution in [3.05, 3.63) is 59.5 Å². The Morgan fingerprint density at radius 2 is 1.96 bits per heavy atom. The smallest absolute Gasteiger partial charge is 0.224 e. The summed E-state index contributed by atoms with van der Waals surface area (Å²) in [5.41, 5.74) is 7.92. The minimum absolute atomic E-state index is 0.0861. The first-order valence-corrected chi connectivity index (χ1v) is 9.39. The van der Waals surface area contributed by atoms with Crippen molar-refractivity contribution in [2.75, 3.05) is 18.8 Å². The van der Waals surface area contributed by atoms with Crippen LogP contribution in [0, 0.1) is 11.7 Å². The number of halogens is 1. The van der Waals surface area contributed by atoms with Gasteiger partial charge >= 0.3 is 0 Å². The maximum Gasteiger partial charge on any atom is 0.224 e. The van der Waals surface area contributed by atoms with Crippen LogP contribution in [0.2, 0.25) is 0 Å². The Labute approximate surface area is 160 Å². The Bertz CT molecular complexity index is 778. The molecule has 1 unspecified atom stereocenters. The lowest BCUT2D eigenvalue weighted by Crippen LogP contribution is -2.45. The van der Waals surface area contributed by atoms with Gasteiger partial charge in [-0.3, -0.25) is 9.69 Å². The van der Waals surface area contributed by atoms with Gasteiger partial charge in [-0.15, -0.1) is 0 Å². The van der Waals surface area contributed by atoms with Gasteiger partial charge in [-0.05, 0) is 29.7 Å². The van der Waals surface area contributed by atoms with E-state index in [0.717, 1.165) is 17.7 Å². The summed E-state index contributed by atoms with van der Waals surface area (Å²) in [6.45, 7) is 6.93. The Kier molecular flexibility index (Phi) is 6.06. The number of hydrogen-bond acceptors (Lipinski definition) is 4. The normalized spacial score (nSPS) is 18.7. The van der Waals surface area contributed by atoms with E-state index in [4.69, 9.17) is 5.73 Å². The van der Waals surface area contributed by atoms with Crippen molar-refractivity contribution in [3.63, 3.8) is 0 Å². The summed E-state index contributed by atoms with van der Waals surface area (Å²) in [4.78, 5) is 21.2. The molecule has 1 atom stereocenters. The van der Waals surface area contributed by atoms with Crippen molar-refractivity contribution < 1.29 is 9.18 Å². The first-order chi connectivity index (χ1) is 12.9. The molecule has 6 heteroatoms. The summed E-state index contributed by atoms with van der Waals surface area (Å²) < 4.78 is 13.2. The van der Waals surface area contributed by atoms with Crippen LogP contribution in [0.4, 0.5) is 10.2 Å². The summed E-state index contributed by atoms with van der Waals surface area (Å²) in [6.07, 6.45) is 2.15. The number of pyridine rings is 1. The van der Waals surface area contributed by atoms with Crippen molar-refractivity contribution in [1.29, 1.82) is 0 Å². The molecule has 144 valence electrons. The third-order valence-electron chi connectivity index (χ3n) is 5.16. The molecule has 0 aliphatic carbocycles. The number of benzene rings is 1. The molecule has 5 nitrogen and oxygen atoms in total. The van der Waals surface area contributed by atoms with E-state index in [9.17, 15) is 9.18 Å². The van der Waals surface area contributed by atoms with Gasteiger partial charge in [0.1, 0.15) is 11.6 Å². The van der Waals surface area contributed by atoms with Crippen molar-refractivity contribution in [1.82, 2.24) is 14.8 Å². The standard InChI is InChI=1S/C21H27FN4O/c1-15(2)19-14-25(13-17-4-3-10-24-21(17)23)11-9-20(27)26(19)12-16-5-7-18(22)8-6-16/h3-8,10,15,19H,9,11-14H2,1-2H3,(H2,23,24). The average Bonchev–Trinajstić information content (AvgIpc) is 2.79. The average molecular weight is 370 g/mol. The van der Waals surface area contributed by atoms with E-state index in [2.05, 4.69) is 23.7 Å². The molecule has 27 heavy (non-hydrogen) atoms. The van der Waals surface area contributed by atoms with E-state index < -0.39 is 0 Å². The number of carbonyl (C=O) groups excluding carboxylic acids is 1. The molecule has 0 saturated carbocycles. The molecule has 3 rings (SSSR count). The molecule has 1 fully saturated rings. The monoisotopic (exact) mass is 370 g/mol. The summed E-state index contributed by atoms with van der Waals surface area (Å²) in [6, 6.07) is 10.3. The van der Waals surface area contributed by atoms with Gasteiger partial charge in [-0.2, -0.15) is 0 Å². The lowest BCUT2D eigenvalue weighted by atomic mass is 10.0. The fourth-order valence-electron chi connectivity index (χ4n) is 3.57. The second kappa shape index (κ2) is 8.48. The molecule has 0 radical (unpaired) electrons. The van der Waals surface area contributed by atoms with Crippen LogP contribution in [-0.2, 0) is 17.9 Å². The van der Waals surface area contributed by atoms with E-state index in [1.807, 2.05) is 17.0 Å². The van der Waals surface area contributed by atoms with Crippen molar-refractivity contribution >= 4 is 11.7 Å².